The van der Waals surface area contributed by atoms with Crippen LogP contribution in [0.25, 0.3) is 6.08 Å². The van der Waals surface area contributed by atoms with Crippen LogP contribution in [-0.2, 0) is 4.79 Å². The molecule has 0 saturated heterocycles. The van der Waals surface area contributed by atoms with Crippen molar-refractivity contribution in [2.75, 3.05) is 13.2 Å². The van der Waals surface area contributed by atoms with E-state index in [-0.39, 0.29) is 0 Å². The Morgan fingerprint density at radius 2 is 1.59 bits per heavy atom. The molecular weight excluding hydrogens is 364 g/mol. The molecule has 0 fully saturated rings. The summed E-state index contributed by atoms with van der Waals surface area (Å²) in [7, 11) is 0. The van der Waals surface area contributed by atoms with Gasteiger partial charge in [-0.2, -0.15) is 0 Å². The number of hydrogen-bond donors (Lipinski definition) is 2. The Morgan fingerprint density at radius 1 is 0.931 bits per heavy atom. The number of ether oxygens (including phenoxy) is 1. The number of benzene rings is 1. The molecule has 0 aliphatic heterocycles. The molecule has 0 radical (unpaired) electrons. The second-order valence-electron chi connectivity index (χ2n) is 7.09. The molecule has 0 saturated carbocycles. The molecule has 2 N–H and O–H groups in total. The molecule has 0 aliphatic carbocycles. The van der Waals surface area contributed by atoms with Crippen molar-refractivity contribution in [1.82, 2.24) is 0 Å². The van der Waals surface area contributed by atoms with Crippen LogP contribution in [0.4, 0.5) is 0 Å². The molecule has 1 aromatic carbocycles. The highest BCUT2D eigenvalue weighted by Gasteiger charge is 1.95. The SMILES string of the molecule is CC(/C=C/c1ccc(OCCCCCCCCO)cc1)=C\C=C\C(C)=C\C(=O)O. The minimum atomic E-state index is -0.936. The molecule has 4 heteroatoms. The first-order valence-electron chi connectivity index (χ1n) is 10.3. The first-order valence-corrected chi connectivity index (χ1v) is 10.3. The van der Waals surface area contributed by atoms with Gasteiger partial charge in [0.15, 0.2) is 0 Å². The summed E-state index contributed by atoms with van der Waals surface area (Å²) >= 11 is 0. The second kappa shape index (κ2) is 15.3. The summed E-state index contributed by atoms with van der Waals surface area (Å²) in [5.74, 6) is -0.0484. The molecule has 0 heterocycles. The highest BCUT2D eigenvalue weighted by atomic mass is 16.5. The van der Waals surface area contributed by atoms with E-state index in [0.717, 1.165) is 49.2 Å². The fraction of sp³-hybridized carbons (Fsp3) is 0.400. The summed E-state index contributed by atoms with van der Waals surface area (Å²) in [4.78, 5) is 10.6. The molecule has 1 aromatic rings. The van der Waals surface area contributed by atoms with E-state index in [1.165, 1.54) is 18.9 Å². The number of rotatable bonds is 14. The van der Waals surface area contributed by atoms with Gasteiger partial charge in [0.2, 0.25) is 0 Å². The van der Waals surface area contributed by atoms with E-state index in [9.17, 15) is 4.79 Å². The van der Waals surface area contributed by atoms with Crippen molar-refractivity contribution in [3.63, 3.8) is 0 Å². The molecule has 0 atom stereocenters. The van der Waals surface area contributed by atoms with Gasteiger partial charge < -0.3 is 14.9 Å². The molecule has 158 valence electrons. The highest BCUT2D eigenvalue weighted by molar-refractivity contribution is 5.81. The van der Waals surface area contributed by atoms with Crippen LogP contribution in [0.15, 0.2) is 65.8 Å². The van der Waals surface area contributed by atoms with Crippen LogP contribution in [0.2, 0.25) is 0 Å². The predicted octanol–water partition coefficient (Wildman–Crippen LogP) is 5.94. The van der Waals surface area contributed by atoms with Gasteiger partial charge >= 0.3 is 5.97 Å². The van der Waals surface area contributed by atoms with E-state index in [0.29, 0.717) is 12.2 Å². The average molecular weight is 399 g/mol. The zero-order valence-corrected chi connectivity index (χ0v) is 17.6. The normalized spacial score (nSPS) is 12.8. The molecule has 0 aromatic heterocycles. The lowest BCUT2D eigenvalue weighted by molar-refractivity contribution is -0.131. The van der Waals surface area contributed by atoms with Gasteiger partial charge in [0.1, 0.15) is 5.75 Å². The Hall–Kier alpha value is -2.59. The van der Waals surface area contributed by atoms with Gasteiger partial charge in [0.05, 0.1) is 6.61 Å². The Balaban J connectivity index is 2.35. The first kappa shape index (κ1) is 24.4. The molecule has 0 bridgehead atoms. The fourth-order valence-electron chi connectivity index (χ4n) is 2.66. The predicted molar refractivity (Wildman–Crippen MR) is 120 cm³/mol. The lowest BCUT2D eigenvalue weighted by atomic mass is 10.1. The van der Waals surface area contributed by atoms with E-state index in [4.69, 9.17) is 14.9 Å². The third kappa shape index (κ3) is 13.3. The van der Waals surface area contributed by atoms with Crippen molar-refractivity contribution in [3.05, 3.63) is 71.4 Å². The van der Waals surface area contributed by atoms with Gasteiger partial charge in [-0.05, 0) is 50.0 Å². The van der Waals surface area contributed by atoms with Crippen LogP contribution in [0.3, 0.4) is 0 Å². The zero-order chi connectivity index (χ0) is 21.3. The number of aliphatic hydroxyl groups is 1. The molecule has 29 heavy (non-hydrogen) atoms. The molecule has 0 amide bonds. The minimum absolute atomic E-state index is 0.299. The quantitative estimate of drug-likeness (QED) is 0.231. The van der Waals surface area contributed by atoms with Gasteiger partial charge in [0, 0.05) is 12.7 Å². The number of carboxylic acids is 1. The standard InChI is InChI=1S/C25H34O4/c1-21(10-9-11-22(2)20-25(27)28)12-13-23-14-16-24(17-15-23)29-19-8-6-4-3-5-7-18-26/h9-17,20,26H,3-8,18-19H2,1-2H3,(H,27,28)/b11-9+,13-12+,21-10+,22-20+. The van der Waals surface area contributed by atoms with Crippen molar-refractivity contribution >= 4 is 12.0 Å². The van der Waals surface area contributed by atoms with Crippen LogP contribution >= 0.6 is 0 Å². The van der Waals surface area contributed by atoms with Gasteiger partial charge in [-0.25, -0.2) is 4.79 Å². The van der Waals surface area contributed by atoms with E-state index in [1.807, 2.05) is 55.5 Å². The van der Waals surface area contributed by atoms with Gasteiger partial charge in [-0.1, -0.05) is 73.8 Å². The summed E-state index contributed by atoms with van der Waals surface area (Å²) in [6.07, 6.45) is 17.4. The second-order valence-corrected chi connectivity index (χ2v) is 7.09. The lowest BCUT2D eigenvalue weighted by Gasteiger charge is -2.06. The van der Waals surface area contributed by atoms with E-state index >= 15 is 0 Å². The molecule has 4 nitrogen and oxygen atoms in total. The monoisotopic (exact) mass is 398 g/mol. The largest absolute Gasteiger partial charge is 0.494 e. The molecular formula is C25H34O4. The third-order valence-electron chi connectivity index (χ3n) is 4.31. The van der Waals surface area contributed by atoms with Gasteiger partial charge in [-0.15, -0.1) is 0 Å². The smallest absolute Gasteiger partial charge is 0.328 e. The topological polar surface area (TPSA) is 66.8 Å². The first-order chi connectivity index (χ1) is 14.0. The molecule has 1 rings (SSSR count). The maximum Gasteiger partial charge on any atom is 0.328 e. The van der Waals surface area contributed by atoms with Crippen LogP contribution in [0, 0.1) is 0 Å². The van der Waals surface area contributed by atoms with E-state index in [1.54, 1.807) is 13.0 Å². The van der Waals surface area contributed by atoms with Crippen molar-refractivity contribution in [2.24, 2.45) is 0 Å². The summed E-state index contributed by atoms with van der Waals surface area (Å²) in [5.41, 5.74) is 2.87. The Labute approximate surface area is 174 Å². The number of aliphatic hydroxyl groups excluding tert-OH is 1. The Morgan fingerprint density at radius 3 is 2.24 bits per heavy atom. The molecule has 0 aliphatic rings. The van der Waals surface area contributed by atoms with Gasteiger partial charge in [-0.3, -0.25) is 0 Å². The maximum atomic E-state index is 10.6. The summed E-state index contributed by atoms with van der Waals surface area (Å²) in [5, 5.41) is 17.4. The number of allylic oxidation sites excluding steroid dienone is 6. The van der Waals surface area contributed by atoms with Crippen LogP contribution < -0.4 is 4.74 Å². The van der Waals surface area contributed by atoms with Crippen LogP contribution in [0.5, 0.6) is 5.75 Å². The fourth-order valence-corrected chi connectivity index (χ4v) is 2.66. The van der Waals surface area contributed by atoms with Gasteiger partial charge in [0.25, 0.3) is 0 Å². The Kier molecular flexibility index (Phi) is 12.9. The van der Waals surface area contributed by atoms with Crippen molar-refractivity contribution in [1.29, 1.82) is 0 Å². The third-order valence-corrected chi connectivity index (χ3v) is 4.31. The zero-order valence-electron chi connectivity index (χ0n) is 17.6. The highest BCUT2D eigenvalue weighted by Crippen LogP contribution is 2.15. The van der Waals surface area contributed by atoms with E-state index < -0.39 is 5.97 Å². The molecule has 0 unspecified atom stereocenters. The number of aliphatic carboxylic acids is 1. The van der Waals surface area contributed by atoms with Crippen molar-refractivity contribution in [2.45, 2.75) is 52.4 Å². The summed E-state index contributed by atoms with van der Waals surface area (Å²) < 4.78 is 5.79. The van der Waals surface area contributed by atoms with Crippen molar-refractivity contribution < 1.29 is 19.7 Å². The number of carboxylic acid groups (broad SMARTS) is 1. The number of unbranched alkanes of at least 4 members (excludes halogenated alkanes) is 5. The lowest BCUT2D eigenvalue weighted by Crippen LogP contribution is -1.97. The summed E-state index contributed by atoms with van der Waals surface area (Å²) in [6.45, 7) is 4.79. The maximum absolute atomic E-state index is 10.6. The minimum Gasteiger partial charge on any atom is -0.494 e. The molecule has 0 spiro atoms. The summed E-state index contributed by atoms with van der Waals surface area (Å²) in [6, 6.07) is 8.03. The number of hydrogen-bond acceptors (Lipinski definition) is 3. The van der Waals surface area contributed by atoms with E-state index in [2.05, 4.69) is 0 Å². The van der Waals surface area contributed by atoms with Crippen molar-refractivity contribution in [3.8, 4) is 5.75 Å². The Bertz CT molecular complexity index is 709. The average Bonchev–Trinajstić information content (AvgIpc) is 2.68. The van der Waals surface area contributed by atoms with Crippen LogP contribution in [0.1, 0.15) is 57.9 Å². The number of carbonyl (C=O) groups is 1. The van der Waals surface area contributed by atoms with Crippen LogP contribution in [-0.4, -0.2) is 29.4 Å².